The van der Waals surface area contributed by atoms with E-state index in [2.05, 4.69) is 22.2 Å². The predicted octanol–water partition coefficient (Wildman–Crippen LogP) is 3.75. The first-order chi connectivity index (χ1) is 12.3. The number of aromatic nitrogens is 2. The molecule has 0 aromatic carbocycles. The maximum Gasteiger partial charge on any atom is 0.408 e. The second-order valence-corrected chi connectivity index (χ2v) is 7.42. The molecule has 1 atom stereocenters. The molecule has 0 radical (unpaired) electrons. The van der Waals surface area contributed by atoms with Gasteiger partial charge >= 0.3 is 12.1 Å². The number of hydrogen-bond acceptors (Lipinski definition) is 5. The lowest BCUT2D eigenvalue weighted by Gasteiger charge is -2.22. The third-order valence-electron chi connectivity index (χ3n) is 3.70. The van der Waals surface area contributed by atoms with Crippen LogP contribution in [-0.2, 0) is 20.7 Å². The molecular formula is C19H33N3O4. The number of esters is 1. The maximum atomic E-state index is 12.4. The van der Waals surface area contributed by atoms with Crippen molar-refractivity contribution in [3.05, 3.63) is 18.2 Å². The van der Waals surface area contributed by atoms with Crippen LogP contribution in [0.2, 0.25) is 0 Å². The zero-order chi connectivity index (χ0) is 19.4. The van der Waals surface area contributed by atoms with Gasteiger partial charge in [-0.1, -0.05) is 39.0 Å². The van der Waals surface area contributed by atoms with Gasteiger partial charge < -0.3 is 19.8 Å². The molecule has 26 heavy (non-hydrogen) atoms. The number of nitrogens with one attached hydrogen (secondary N) is 2. The molecule has 7 nitrogen and oxygen atoms in total. The number of hydrogen-bond donors (Lipinski definition) is 2. The van der Waals surface area contributed by atoms with E-state index < -0.39 is 23.7 Å². The summed E-state index contributed by atoms with van der Waals surface area (Å²) < 4.78 is 10.6. The summed E-state index contributed by atoms with van der Waals surface area (Å²) in [7, 11) is 0. The van der Waals surface area contributed by atoms with Crippen molar-refractivity contribution in [3.8, 4) is 0 Å². The minimum Gasteiger partial charge on any atom is -0.464 e. The Balaban J connectivity index is 2.47. The number of unbranched alkanes of at least 4 members (excludes halogenated alkanes) is 5. The Labute approximate surface area is 156 Å². The third kappa shape index (κ3) is 10.1. The summed E-state index contributed by atoms with van der Waals surface area (Å²) in [5, 5.41) is 2.60. The lowest BCUT2D eigenvalue weighted by Crippen LogP contribution is -2.45. The number of nitrogens with zero attached hydrogens (tertiary/aromatic N) is 1. The minimum absolute atomic E-state index is 0.272. The molecule has 2 N–H and O–H groups in total. The molecule has 1 rings (SSSR count). The van der Waals surface area contributed by atoms with Gasteiger partial charge in [0.05, 0.1) is 12.9 Å². The Morgan fingerprint density at radius 1 is 1.19 bits per heavy atom. The molecule has 0 spiro atoms. The van der Waals surface area contributed by atoms with Gasteiger partial charge in [-0.25, -0.2) is 14.6 Å². The number of carbonyl (C=O) groups excluding carboxylic acids is 2. The summed E-state index contributed by atoms with van der Waals surface area (Å²) in [4.78, 5) is 31.3. The topological polar surface area (TPSA) is 93.3 Å². The van der Waals surface area contributed by atoms with Crippen LogP contribution >= 0.6 is 0 Å². The van der Waals surface area contributed by atoms with Gasteiger partial charge in [-0.2, -0.15) is 0 Å². The fourth-order valence-electron chi connectivity index (χ4n) is 2.42. The monoisotopic (exact) mass is 367 g/mol. The van der Waals surface area contributed by atoms with E-state index in [1.807, 2.05) is 0 Å². The highest BCUT2D eigenvalue weighted by molar-refractivity contribution is 5.81. The van der Waals surface area contributed by atoms with Crippen molar-refractivity contribution >= 4 is 12.1 Å². The Hall–Kier alpha value is -2.05. The van der Waals surface area contributed by atoms with Gasteiger partial charge in [0.15, 0.2) is 0 Å². The molecule has 148 valence electrons. The molecule has 0 fully saturated rings. The van der Waals surface area contributed by atoms with Gasteiger partial charge in [0, 0.05) is 18.3 Å². The molecule has 0 aliphatic rings. The van der Waals surface area contributed by atoms with E-state index in [4.69, 9.17) is 9.47 Å². The molecule has 0 saturated carbocycles. The van der Waals surface area contributed by atoms with E-state index in [0.29, 0.717) is 6.61 Å². The quantitative estimate of drug-likeness (QED) is 0.459. The molecule has 1 aromatic heterocycles. The zero-order valence-electron chi connectivity index (χ0n) is 16.5. The van der Waals surface area contributed by atoms with Crippen LogP contribution in [0.3, 0.4) is 0 Å². The van der Waals surface area contributed by atoms with Gasteiger partial charge in [-0.3, -0.25) is 0 Å². The Morgan fingerprint density at radius 2 is 1.88 bits per heavy atom. The third-order valence-corrected chi connectivity index (χ3v) is 3.70. The van der Waals surface area contributed by atoms with Crippen molar-refractivity contribution in [2.24, 2.45) is 0 Å². The lowest BCUT2D eigenvalue weighted by atomic mass is 10.1. The number of rotatable bonds is 11. The first-order valence-corrected chi connectivity index (χ1v) is 9.45. The molecule has 1 amide bonds. The predicted molar refractivity (Wildman–Crippen MR) is 99.8 cm³/mol. The first kappa shape index (κ1) is 22.0. The van der Waals surface area contributed by atoms with E-state index in [-0.39, 0.29) is 6.42 Å². The molecule has 0 saturated heterocycles. The van der Waals surface area contributed by atoms with E-state index >= 15 is 0 Å². The van der Waals surface area contributed by atoms with Gasteiger partial charge in [0.2, 0.25) is 0 Å². The van der Waals surface area contributed by atoms with Crippen molar-refractivity contribution in [3.63, 3.8) is 0 Å². The maximum absolute atomic E-state index is 12.4. The number of ether oxygens (including phenoxy) is 2. The summed E-state index contributed by atoms with van der Waals surface area (Å²) in [6, 6.07) is -0.814. The minimum atomic E-state index is -0.814. The van der Waals surface area contributed by atoms with Gasteiger partial charge in [-0.05, 0) is 27.2 Å². The fraction of sp³-hybridized carbons (Fsp3) is 0.737. The smallest absolute Gasteiger partial charge is 0.408 e. The highest BCUT2D eigenvalue weighted by atomic mass is 16.6. The summed E-state index contributed by atoms with van der Waals surface area (Å²) in [5.41, 5.74) is 0.105. The van der Waals surface area contributed by atoms with Crippen LogP contribution in [0, 0.1) is 0 Å². The van der Waals surface area contributed by atoms with Crippen LogP contribution in [0.4, 0.5) is 4.79 Å². The highest BCUT2D eigenvalue weighted by Gasteiger charge is 2.26. The summed E-state index contributed by atoms with van der Waals surface area (Å²) in [6.07, 6.45) is 9.47. The van der Waals surface area contributed by atoms with Crippen molar-refractivity contribution in [1.29, 1.82) is 0 Å². The first-order valence-electron chi connectivity index (χ1n) is 9.45. The van der Waals surface area contributed by atoms with Crippen molar-refractivity contribution in [2.75, 3.05) is 6.61 Å². The average molecular weight is 367 g/mol. The average Bonchev–Trinajstić information content (AvgIpc) is 3.04. The number of imidazole rings is 1. The van der Waals surface area contributed by atoms with E-state index in [0.717, 1.165) is 25.0 Å². The number of amides is 1. The summed E-state index contributed by atoms with van der Waals surface area (Å²) in [6.45, 7) is 7.85. The second-order valence-electron chi connectivity index (χ2n) is 7.42. The Kier molecular flexibility index (Phi) is 9.76. The highest BCUT2D eigenvalue weighted by Crippen LogP contribution is 2.09. The van der Waals surface area contributed by atoms with Crippen molar-refractivity contribution < 1.29 is 19.1 Å². The second kappa shape index (κ2) is 11.5. The molecule has 1 heterocycles. The van der Waals surface area contributed by atoms with Crippen LogP contribution in [0.1, 0.15) is 71.9 Å². The van der Waals surface area contributed by atoms with Crippen LogP contribution in [0.25, 0.3) is 0 Å². The van der Waals surface area contributed by atoms with Crippen LogP contribution < -0.4 is 5.32 Å². The molecule has 0 bridgehead atoms. The lowest BCUT2D eigenvalue weighted by molar-refractivity contribution is -0.146. The zero-order valence-corrected chi connectivity index (χ0v) is 16.5. The molecule has 1 aromatic rings. The SMILES string of the molecule is CCCCCCCCOC(=O)[C@H](Cc1cnc[nH]1)NC(=O)OC(C)(C)C. The largest absolute Gasteiger partial charge is 0.464 e. The molecule has 0 unspecified atom stereocenters. The van der Waals surface area contributed by atoms with E-state index in [1.165, 1.54) is 25.6 Å². The molecule has 0 aliphatic heterocycles. The van der Waals surface area contributed by atoms with Crippen LogP contribution in [-0.4, -0.2) is 40.3 Å². The van der Waals surface area contributed by atoms with Crippen LogP contribution in [0.5, 0.6) is 0 Å². The number of alkyl carbamates (subject to hydrolysis) is 1. The van der Waals surface area contributed by atoms with Crippen molar-refractivity contribution in [2.45, 2.75) is 84.3 Å². The molecule has 7 heteroatoms. The van der Waals surface area contributed by atoms with Crippen LogP contribution in [0.15, 0.2) is 12.5 Å². The summed E-state index contributed by atoms with van der Waals surface area (Å²) in [5.74, 6) is -0.459. The fourth-order valence-corrected chi connectivity index (χ4v) is 2.42. The van der Waals surface area contributed by atoms with Gasteiger partial charge in [0.25, 0.3) is 0 Å². The number of aromatic amines is 1. The number of H-pyrrole nitrogens is 1. The van der Waals surface area contributed by atoms with Gasteiger partial charge in [-0.15, -0.1) is 0 Å². The standard InChI is InChI=1S/C19H33N3O4/c1-5-6-7-8-9-10-11-25-17(23)16(12-15-13-20-14-21-15)22-18(24)26-19(2,3)4/h13-14,16H,5-12H2,1-4H3,(H,20,21)(H,22,24)/t16-/m0/s1. The Morgan fingerprint density at radius 3 is 2.50 bits per heavy atom. The van der Waals surface area contributed by atoms with E-state index in [9.17, 15) is 9.59 Å². The molecular weight excluding hydrogens is 334 g/mol. The van der Waals surface area contributed by atoms with Crippen molar-refractivity contribution in [1.82, 2.24) is 15.3 Å². The number of carbonyl (C=O) groups is 2. The van der Waals surface area contributed by atoms with E-state index in [1.54, 1.807) is 27.0 Å². The molecule has 0 aliphatic carbocycles. The Bertz CT molecular complexity index is 523. The normalized spacial score (nSPS) is 12.5. The summed E-state index contributed by atoms with van der Waals surface area (Å²) >= 11 is 0. The van der Waals surface area contributed by atoms with Gasteiger partial charge in [0.1, 0.15) is 11.6 Å².